The van der Waals surface area contributed by atoms with Crippen molar-refractivity contribution in [2.45, 2.75) is 31.5 Å². The zero-order valence-corrected chi connectivity index (χ0v) is 14.9. The van der Waals surface area contributed by atoms with Gasteiger partial charge in [-0.3, -0.25) is 4.79 Å². The lowest BCUT2D eigenvalue weighted by atomic mass is 9.73. The van der Waals surface area contributed by atoms with Crippen LogP contribution in [0.4, 0.5) is 13.2 Å². The number of alkyl halides is 3. The van der Waals surface area contributed by atoms with Gasteiger partial charge in [0.05, 0.1) is 11.1 Å². The summed E-state index contributed by atoms with van der Waals surface area (Å²) in [6.07, 6.45) is 1.39. The Labute approximate surface area is 156 Å². The van der Waals surface area contributed by atoms with E-state index >= 15 is 0 Å². The first-order chi connectivity index (χ1) is 12.9. The predicted molar refractivity (Wildman–Crippen MR) is 99.7 cm³/mol. The minimum Gasteiger partial charge on any atom is -0.342 e. The minimum absolute atomic E-state index is 0.0783. The maximum Gasteiger partial charge on any atom is 0.416 e. The van der Waals surface area contributed by atoms with Crippen LogP contribution in [0.15, 0.2) is 72.8 Å². The van der Waals surface area contributed by atoms with Crippen molar-refractivity contribution in [1.29, 1.82) is 0 Å². The molecule has 0 bridgehead atoms. The second-order valence-electron chi connectivity index (χ2n) is 6.43. The molecule has 0 spiro atoms. The van der Waals surface area contributed by atoms with Gasteiger partial charge in [0.15, 0.2) is 0 Å². The SMILES string of the molecule is CCC(=O)NC1(c2ccccc2)CC=CC=C1c1ccccc1C(F)(F)F. The zero-order chi connectivity index (χ0) is 19.5. The van der Waals surface area contributed by atoms with Crippen LogP contribution in [0.25, 0.3) is 5.57 Å². The molecule has 1 unspecified atom stereocenters. The Hall–Kier alpha value is -2.82. The van der Waals surface area contributed by atoms with Gasteiger partial charge in [-0.15, -0.1) is 0 Å². The number of amides is 1. The number of nitrogens with one attached hydrogen (secondary N) is 1. The van der Waals surface area contributed by atoms with E-state index in [9.17, 15) is 18.0 Å². The third-order valence-corrected chi connectivity index (χ3v) is 4.75. The molecule has 1 aliphatic carbocycles. The Kier molecular flexibility index (Phi) is 5.22. The monoisotopic (exact) mass is 371 g/mol. The molecule has 1 amide bonds. The molecule has 3 rings (SSSR count). The van der Waals surface area contributed by atoms with Crippen LogP contribution >= 0.6 is 0 Å². The van der Waals surface area contributed by atoms with Crippen LogP contribution in [0.3, 0.4) is 0 Å². The number of hydrogen-bond donors (Lipinski definition) is 1. The van der Waals surface area contributed by atoms with Crippen molar-refractivity contribution in [1.82, 2.24) is 5.32 Å². The van der Waals surface area contributed by atoms with Gasteiger partial charge >= 0.3 is 6.18 Å². The van der Waals surface area contributed by atoms with Crippen LogP contribution in [0.1, 0.15) is 36.5 Å². The van der Waals surface area contributed by atoms with Gasteiger partial charge in [-0.2, -0.15) is 13.2 Å². The fourth-order valence-electron chi connectivity index (χ4n) is 3.46. The molecule has 2 aromatic carbocycles. The van der Waals surface area contributed by atoms with Gasteiger partial charge in [0, 0.05) is 6.42 Å². The van der Waals surface area contributed by atoms with Crippen LogP contribution in [-0.4, -0.2) is 5.91 Å². The van der Waals surface area contributed by atoms with E-state index in [0.29, 0.717) is 12.0 Å². The van der Waals surface area contributed by atoms with Crippen LogP contribution in [0, 0.1) is 0 Å². The molecular formula is C22H20F3NO. The van der Waals surface area contributed by atoms with Gasteiger partial charge in [-0.1, -0.05) is 73.7 Å². The first-order valence-corrected chi connectivity index (χ1v) is 8.79. The first-order valence-electron chi connectivity index (χ1n) is 8.79. The lowest BCUT2D eigenvalue weighted by Gasteiger charge is -2.39. The van der Waals surface area contributed by atoms with Gasteiger partial charge in [-0.25, -0.2) is 0 Å². The normalized spacial score (nSPS) is 19.5. The first kappa shape index (κ1) is 19.0. The maximum atomic E-state index is 13.7. The molecular weight excluding hydrogens is 351 g/mol. The number of carbonyl (C=O) groups is 1. The van der Waals surface area contributed by atoms with Crippen LogP contribution in [-0.2, 0) is 16.5 Å². The van der Waals surface area contributed by atoms with Crippen molar-refractivity contribution in [3.8, 4) is 0 Å². The summed E-state index contributed by atoms with van der Waals surface area (Å²) < 4.78 is 41.0. The molecule has 0 aromatic heterocycles. The minimum atomic E-state index is -4.49. The van der Waals surface area contributed by atoms with Crippen molar-refractivity contribution < 1.29 is 18.0 Å². The van der Waals surface area contributed by atoms with Crippen molar-refractivity contribution in [3.05, 3.63) is 89.5 Å². The Bertz CT molecular complexity index is 884. The summed E-state index contributed by atoms with van der Waals surface area (Å²) in [6.45, 7) is 1.72. The molecule has 2 aromatic rings. The number of benzene rings is 2. The predicted octanol–water partition coefficient (Wildman–Crippen LogP) is 5.47. The van der Waals surface area contributed by atoms with Crippen molar-refractivity contribution in [2.75, 3.05) is 0 Å². The highest BCUT2D eigenvalue weighted by molar-refractivity contribution is 5.86. The summed E-state index contributed by atoms with van der Waals surface area (Å²) in [7, 11) is 0. The summed E-state index contributed by atoms with van der Waals surface area (Å²) in [6, 6.07) is 14.6. The molecule has 1 atom stereocenters. The second-order valence-corrected chi connectivity index (χ2v) is 6.43. The average molecular weight is 371 g/mol. The van der Waals surface area contributed by atoms with Crippen LogP contribution in [0.5, 0.6) is 0 Å². The largest absolute Gasteiger partial charge is 0.416 e. The smallest absolute Gasteiger partial charge is 0.342 e. The molecule has 0 fully saturated rings. The van der Waals surface area contributed by atoms with Crippen molar-refractivity contribution >= 4 is 11.5 Å². The Morgan fingerprint density at radius 1 is 1.07 bits per heavy atom. The molecule has 27 heavy (non-hydrogen) atoms. The fourth-order valence-corrected chi connectivity index (χ4v) is 3.46. The van der Waals surface area contributed by atoms with Crippen LogP contribution in [0.2, 0.25) is 0 Å². The molecule has 1 aliphatic rings. The van der Waals surface area contributed by atoms with E-state index in [2.05, 4.69) is 5.32 Å². The summed E-state index contributed by atoms with van der Waals surface area (Å²) in [5, 5.41) is 3.00. The maximum absolute atomic E-state index is 13.7. The molecule has 2 nitrogen and oxygen atoms in total. The third-order valence-electron chi connectivity index (χ3n) is 4.75. The molecule has 5 heteroatoms. The van der Waals surface area contributed by atoms with Crippen molar-refractivity contribution in [2.24, 2.45) is 0 Å². The third kappa shape index (κ3) is 3.68. The second kappa shape index (κ2) is 7.43. The highest BCUT2D eigenvalue weighted by atomic mass is 19.4. The van der Waals surface area contributed by atoms with E-state index in [-0.39, 0.29) is 17.9 Å². The van der Waals surface area contributed by atoms with E-state index in [4.69, 9.17) is 0 Å². The highest BCUT2D eigenvalue weighted by Gasteiger charge is 2.42. The zero-order valence-electron chi connectivity index (χ0n) is 14.9. The van der Waals surface area contributed by atoms with Gasteiger partial charge < -0.3 is 5.32 Å². The number of rotatable bonds is 4. The van der Waals surface area contributed by atoms with Gasteiger partial charge in [0.2, 0.25) is 5.91 Å². The molecule has 1 N–H and O–H groups in total. The van der Waals surface area contributed by atoms with Crippen LogP contribution < -0.4 is 5.32 Å². The molecule has 0 aliphatic heterocycles. The quantitative estimate of drug-likeness (QED) is 0.759. The Morgan fingerprint density at radius 3 is 2.41 bits per heavy atom. The topological polar surface area (TPSA) is 29.1 Å². The molecule has 0 saturated carbocycles. The Balaban J connectivity index is 2.24. The van der Waals surface area contributed by atoms with Gasteiger partial charge in [0.1, 0.15) is 0 Å². The summed E-state index contributed by atoms with van der Waals surface area (Å²) in [4.78, 5) is 12.3. The standard InChI is InChI=1S/C22H20F3NO/c1-2-20(27)26-21(16-10-4-3-5-11-16)15-9-8-13-18(21)17-12-6-7-14-19(17)22(23,24)25/h3-14H,2,15H2,1H3,(H,26,27). The van der Waals surface area contributed by atoms with Crippen molar-refractivity contribution in [3.63, 3.8) is 0 Å². The number of hydrogen-bond acceptors (Lipinski definition) is 1. The molecule has 0 saturated heterocycles. The Morgan fingerprint density at radius 2 is 1.74 bits per heavy atom. The fraction of sp³-hybridized carbons (Fsp3) is 0.227. The highest BCUT2D eigenvalue weighted by Crippen LogP contribution is 2.45. The lowest BCUT2D eigenvalue weighted by Crippen LogP contribution is -2.47. The molecule has 0 heterocycles. The van der Waals surface area contributed by atoms with E-state index in [1.165, 1.54) is 12.1 Å². The van der Waals surface area contributed by atoms with E-state index < -0.39 is 17.3 Å². The number of allylic oxidation sites excluding steroid dienone is 2. The number of carbonyl (C=O) groups excluding carboxylic acids is 1. The van der Waals surface area contributed by atoms with Gasteiger partial charge in [0.25, 0.3) is 0 Å². The summed E-state index contributed by atoms with van der Waals surface area (Å²) in [5.74, 6) is -0.218. The average Bonchev–Trinajstić information content (AvgIpc) is 2.68. The molecule has 140 valence electrons. The van der Waals surface area contributed by atoms with E-state index in [1.807, 2.05) is 36.4 Å². The van der Waals surface area contributed by atoms with Gasteiger partial charge in [-0.05, 0) is 29.2 Å². The lowest BCUT2D eigenvalue weighted by molar-refractivity contribution is -0.137. The summed E-state index contributed by atoms with van der Waals surface area (Å²) >= 11 is 0. The van der Waals surface area contributed by atoms with E-state index in [1.54, 1.807) is 25.1 Å². The molecule has 0 radical (unpaired) electrons. The summed E-state index contributed by atoms with van der Waals surface area (Å²) in [5.41, 5.74) is -0.498. The number of halogens is 3. The van der Waals surface area contributed by atoms with E-state index in [0.717, 1.165) is 11.6 Å².